The number of nitrogens with zero attached hydrogens (tertiary/aromatic N) is 8. The highest BCUT2D eigenvalue weighted by molar-refractivity contribution is 5.63. The lowest BCUT2D eigenvalue weighted by Crippen LogP contribution is -2.44. The normalized spacial score (nSPS) is 13.6. The summed E-state index contributed by atoms with van der Waals surface area (Å²) in [5, 5.41) is 21.7. The van der Waals surface area contributed by atoms with E-state index in [1.165, 1.54) is 10.7 Å². The Morgan fingerprint density at radius 2 is 1.66 bits per heavy atom. The smallest absolute Gasteiger partial charge is 0.267 e. The van der Waals surface area contributed by atoms with Crippen LogP contribution in [0, 0.1) is 11.3 Å². The van der Waals surface area contributed by atoms with E-state index in [9.17, 15) is 10.1 Å². The first-order chi connectivity index (χ1) is 20.1. The fourth-order valence-electron chi connectivity index (χ4n) is 4.89. The lowest BCUT2D eigenvalue weighted by atomic mass is 10.1. The molecule has 41 heavy (non-hydrogen) atoms. The van der Waals surface area contributed by atoms with Crippen LogP contribution >= 0.6 is 0 Å². The molecule has 0 aliphatic carbocycles. The van der Waals surface area contributed by atoms with E-state index in [4.69, 9.17) is 0 Å². The predicted molar refractivity (Wildman–Crippen MR) is 156 cm³/mol. The Kier molecular flexibility index (Phi) is 7.71. The standard InChI is InChI=1S/C31H29N9O/c32-17-23-3-1-5-25(15-23)29-7-8-30(41)40(37-29)21-24-4-2-6-26(16-24)31-34-18-27(19-35-31)28-20-36-39(22-28)14-13-38-11-9-33-10-12-38/h1-8,15-16,18-20,22,33H,9-14,21H2. The highest BCUT2D eigenvalue weighted by Crippen LogP contribution is 2.22. The third-order valence-electron chi connectivity index (χ3n) is 7.14. The zero-order valence-corrected chi connectivity index (χ0v) is 22.5. The molecule has 0 atom stereocenters. The molecule has 0 spiro atoms. The summed E-state index contributed by atoms with van der Waals surface area (Å²) in [6.45, 7) is 6.35. The second-order valence-electron chi connectivity index (χ2n) is 9.99. The van der Waals surface area contributed by atoms with Crippen molar-refractivity contribution in [1.82, 2.24) is 39.7 Å². The molecule has 6 rings (SSSR count). The van der Waals surface area contributed by atoms with Crippen molar-refractivity contribution in [2.75, 3.05) is 32.7 Å². The van der Waals surface area contributed by atoms with Crippen LogP contribution in [0.2, 0.25) is 0 Å². The first-order valence-corrected chi connectivity index (χ1v) is 13.6. The van der Waals surface area contributed by atoms with E-state index in [0.717, 1.165) is 67.1 Å². The molecule has 1 aliphatic rings. The fraction of sp³-hybridized carbons (Fsp3) is 0.226. The van der Waals surface area contributed by atoms with Gasteiger partial charge in [0.1, 0.15) is 0 Å². The molecule has 10 nitrogen and oxygen atoms in total. The van der Waals surface area contributed by atoms with Gasteiger partial charge in [-0.2, -0.15) is 15.5 Å². The fourth-order valence-corrected chi connectivity index (χ4v) is 4.89. The minimum atomic E-state index is -0.204. The van der Waals surface area contributed by atoms with E-state index in [2.05, 4.69) is 36.5 Å². The molecule has 0 radical (unpaired) electrons. The number of rotatable bonds is 8. The first-order valence-electron chi connectivity index (χ1n) is 13.6. The van der Waals surface area contributed by atoms with Crippen LogP contribution in [-0.2, 0) is 13.1 Å². The van der Waals surface area contributed by atoms with Crippen LogP contribution in [0.5, 0.6) is 0 Å². The Labute approximate surface area is 237 Å². The number of benzene rings is 2. The Morgan fingerprint density at radius 3 is 2.49 bits per heavy atom. The predicted octanol–water partition coefficient (Wildman–Crippen LogP) is 3.06. The van der Waals surface area contributed by atoms with Crippen molar-refractivity contribution in [3.05, 3.63) is 107 Å². The Morgan fingerprint density at radius 1 is 0.854 bits per heavy atom. The summed E-state index contributed by atoms with van der Waals surface area (Å²) in [6.07, 6.45) is 7.53. The van der Waals surface area contributed by atoms with Gasteiger partial charge in [0.25, 0.3) is 5.56 Å². The van der Waals surface area contributed by atoms with Crippen molar-refractivity contribution < 1.29 is 0 Å². The molecule has 204 valence electrons. The van der Waals surface area contributed by atoms with Gasteiger partial charge in [-0.05, 0) is 29.8 Å². The van der Waals surface area contributed by atoms with Crippen molar-refractivity contribution in [2.24, 2.45) is 0 Å². The topological polar surface area (TPSA) is 118 Å². The van der Waals surface area contributed by atoms with Gasteiger partial charge >= 0.3 is 0 Å². The molecule has 10 heteroatoms. The van der Waals surface area contributed by atoms with Gasteiger partial charge in [0.05, 0.1) is 36.6 Å². The Balaban J connectivity index is 1.15. The lowest BCUT2D eigenvalue weighted by molar-refractivity contribution is 0.229. The van der Waals surface area contributed by atoms with Crippen molar-refractivity contribution in [3.8, 4) is 39.8 Å². The summed E-state index contributed by atoms with van der Waals surface area (Å²) in [4.78, 5) is 24.3. The maximum atomic E-state index is 12.6. The quantitative estimate of drug-likeness (QED) is 0.317. The van der Waals surface area contributed by atoms with Gasteiger partial charge in [0.15, 0.2) is 5.82 Å². The summed E-state index contributed by atoms with van der Waals surface area (Å²) in [5.41, 5.74) is 5.40. The zero-order chi connectivity index (χ0) is 28.0. The third-order valence-corrected chi connectivity index (χ3v) is 7.14. The van der Waals surface area contributed by atoms with Crippen molar-refractivity contribution in [1.29, 1.82) is 5.26 Å². The average Bonchev–Trinajstić information content (AvgIpc) is 3.51. The number of nitrogens with one attached hydrogen (secondary N) is 1. The molecule has 1 aliphatic heterocycles. The van der Waals surface area contributed by atoms with Crippen LogP contribution < -0.4 is 10.9 Å². The summed E-state index contributed by atoms with van der Waals surface area (Å²) in [6, 6.07) is 20.3. The summed E-state index contributed by atoms with van der Waals surface area (Å²) < 4.78 is 3.40. The minimum absolute atomic E-state index is 0.204. The monoisotopic (exact) mass is 543 g/mol. The summed E-state index contributed by atoms with van der Waals surface area (Å²) in [5.74, 6) is 0.601. The van der Waals surface area contributed by atoms with E-state index >= 15 is 0 Å². The number of hydrogen-bond acceptors (Lipinski definition) is 8. The largest absolute Gasteiger partial charge is 0.314 e. The maximum Gasteiger partial charge on any atom is 0.267 e. The van der Waals surface area contributed by atoms with Crippen LogP contribution in [-0.4, -0.2) is 67.2 Å². The molecule has 1 N–H and O–H groups in total. The van der Waals surface area contributed by atoms with Crippen LogP contribution in [0.3, 0.4) is 0 Å². The van der Waals surface area contributed by atoms with E-state index in [1.54, 1.807) is 24.3 Å². The number of piperazine rings is 1. The van der Waals surface area contributed by atoms with Crippen LogP contribution in [0.25, 0.3) is 33.8 Å². The van der Waals surface area contributed by atoms with Gasteiger partial charge in [0, 0.05) is 79.6 Å². The van der Waals surface area contributed by atoms with Gasteiger partial charge in [-0.1, -0.05) is 30.3 Å². The summed E-state index contributed by atoms with van der Waals surface area (Å²) in [7, 11) is 0. The maximum absolute atomic E-state index is 12.6. The summed E-state index contributed by atoms with van der Waals surface area (Å²) >= 11 is 0. The van der Waals surface area contributed by atoms with Crippen molar-refractivity contribution in [3.63, 3.8) is 0 Å². The van der Waals surface area contributed by atoms with E-state index in [1.807, 2.05) is 59.8 Å². The SMILES string of the molecule is N#Cc1cccc(-c2ccc(=O)n(Cc3cccc(-c4ncc(-c5cnn(CCN6CCNCC6)c5)cn4)c3)n2)c1. The minimum Gasteiger partial charge on any atom is -0.314 e. The first kappa shape index (κ1) is 26.3. The van der Waals surface area contributed by atoms with Gasteiger partial charge < -0.3 is 5.32 Å². The van der Waals surface area contributed by atoms with Gasteiger partial charge in [0.2, 0.25) is 0 Å². The lowest BCUT2D eigenvalue weighted by Gasteiger charge is -2.26. The highest BCUT2D eigenvalue weighted by Gasteiger charge is 2.11. The van der Waals surface area contributed by atoms with Gasteiger partial charge in [-0.15, -0.1) is 0 Å². The van der Waals surface area contributed by atoms with Gasteiger partial charge in [-0.3, -0.25) is 14.4 Å². The van der Waals surface area contributed by atoms with Crippen LogP contribution in [0.1, 0.15) is 11.1 Å². The van der Waals surface area contributed by atoms with E-state index in [-0.39, 0.29) is 5.56 Å². The van der Waals surface area contributed by atoms with E-state index < -0.39 is 0 Å². The molecule has 0 saturated carbocycles. The average molecular weight is 544 g/mol. The van der Waals surface area contributed by atoms with Crippen molar-refractivity contribution in [2.45, 2.75) is 13.1 Å². The van der Waals surface area contributed by atoms with Gasteiger partial charge in [-0.25, -0.2) is 14.6 Å². The molecule has 5 aromatic rings. The third kappa shape index (κ3) is 6.27. The zero-order valence-electron chi connectivity index (χ0n) is 22.5. The molecule has 1 fully saturated rings. The second kappa shape index (κ2) is 12.0. The number of nitriles is 1. The molecule has 0 unspecified atom stereocenters. The molecule has 3 aromatic heterocycles. The molecular weight excluding hydrogens is 514 g/mol. The number of hydrogen-bond donors (Lipinski definition) is 1. The Bertz CT molecular complexity index is 1740. The van der Waals surface area contributed by atoms with Crippen LogP contribution in [0.4, 0.5) is 0 Å². The molecule has 2 aromatic carbocycles. The highest BCUT2D eigenvalue weighted by atomic mass is 16.1. The molecule has 4 heterocycles. The molecule has 0 amide bonds. The van der Waals surface area contributed by atoms with E-state index in [0.29, 0.717) is 23.6 Å². The number of aromatic nitrogens is 6. The molecule has 0 bridgehead atoms. The van der Waals surface area contributed by atoms with Crippen molar-refractivity contribution >= 4 is 0 Å². The Hall–Kier alpha value is -4.98. The molecule has 1 saturated heterocycles. The molecular formula is C31H29N9O. The second-order valence-corrected chi connectivity index (χ2v) is 9.99. The van der Waals surface area contributed by atoms with Crippen LogP contribution in [0.15, 0.2) is 90.2 Å².